The van der Waals surface area contributed by atoms with Crippen molar-refractivity contribution in [3.05, 3.63) is 34.5 Å². The van der Waals surface area contributed by atoms with Crippen LogP contribution in [0, 0.1) is 5.41 Å². The Morgan fingerprint density at radius 3 is 2.81 bits per heavy atom. The molecular formula is C17H22BrNO2. The summed E-state index contributed by atoms with van der Waals surface area (Å²) in [4.78, 5) is 0. The average Bonchev–Trinajstić information content (AvgIpc) is 2.88. The Kier molecular flexibility index (Phi) is 4.38. The number of hydrogen-bond donors (Lipinski definition) is 1. The fourth-order valence-electron chi connectivity index (χ4n) is 2.79. The highest BCUT2D eigenvalue weighted by Crippen LogP contribution is 2.31. The molecule has 1 saturated heterocycles. The van der Waals surface area contributed by atoms with Gasteiger partial charge < -0.3 is 14.5 Å². The van der Waals surface area contributed by atoms with Crippen LogP contribution in [0.2, 0.25) is 0 Å². The van der Waals surface area contributed by atoms with E-state index in [4.69, 9.17) is 9.15 Å². The van der Waals surface area contributed by atoms with E-state index in [1.54, 1.807) is 0 Å². The first kappa shape index (κ1) is 15.1. The second kappa shape index (κ2) is 6.11. The Balaban J connectivity index is 1.67. The molecule has 1 aromatic carbocycles. The van der Waals surface area contributed by atoms with E-state index in [1.807, 2.05) is 12.1 Å². The Morgan fingerprint density at radius 2 is 2.05 bits per heavy atom. The van der Waals surface area contributed by atoms with Crippen LogP contribution in [0.4, 0.5) is 0 Å². The van der Waals surface area contributed by atoms with Crippen LogP contribution in [0.1, 0.15) is 38.5 Å². The molecule has 1 N–H and O–H groups in total. The molecule has 4 heteroatoms. The minimum absolute atomic E-state index is 0.218. The molecule has 1 fully saturated rings. The third-order valence-corrected chi connectivity index (χ3v) is 4.95. The van der Waals surface area contributed by atoms with Gasteiger partial charge in [0, 0.05) is 29.6 Å². The zero-order chi connectivity index (χ0) is 14.9. The summed E-state index contributed by atoms with van der Waals surface area (Å²) in [5.41, 5.74) is 1.28. The zero-order valence-corrected chi connectivity index (χ0v) is 14.2. The number of benzene rings is 1. The molecule has 0 amide bonds. The summed E-state index contributed by atoms with van der Waals surface area (Å²) in [6.07, 6.45) is 2.25. The van der Waals surface area contributed by atoms with Crippen molar-refractivity contribution in [3.63, 3.8) is 0 Å². The second-order valence-corrected chi connectivity index (χ2v) is 7.27. The van der Waals surface area contributed by atoms with Gasteiger partial charge in [0.1, 0.15) is 11.3 Å². The molecule has 114 valence electrons. The smallest absolute Gasteiger partial charge is 0.134 e. The van der Waals surface area contributed by atoms with Crippen molar-refractivity contribution in [1.82, 2.24) is 5.32 Å². The van der Waals surface area contributed by atoms with E-state index in [0.29, 0.717) is 5.41 Å². The van der Waals surface area contributed by atoms with Gasteiger partial charge in [0.2, 0.25) is 0 Å². The van der Waals surface area contributed by atoms with Crippen LogP contribution in [-0.2, 0) is 4.74 Å². The van der Waals surface area contributed by atoms with Gasteiger partial charge in [-0.3, -0.25) is 0 Å². The van der Waals surface area contributed by atoms with Gasteiger partial charge in [-0.25, -0.2) is 0 Å². The highest BCUT2D eigenvalue weighted by Gasteiger charge is 2.27. The van der Waals surface area contributed by atoms with E-state index in [0.717, 1.165) is 53.8 Å². The molecule has 0 bridgehead atoms. The maximum absolute atomic E-state index is 5.95. The summed E-state index contributed by atoms with van der Waals surface area (Å²) >= 11 is 3.50. The maximum atomic E-state index is 5.95. The Morgan fingerprint density at radius 1 is 1.29 bits per heavy atom. The van der Waals surface area contributed by atoms with E-state index in [9.17, 15) is 0 Å². The van der Waals surface area contributed by atoms with Crippen LogP contribution < -0.4 is 5.32 Å². The molecule has 3 rings (SSSR count). The molecule has 0 radical (unpaired) electrons. The lowest BCUT2D eigenvalue weighted by Crippen LogP contribution is -2.37. The van der Waals surface area contributed by atoms with Gasteiger partial charge >= 0.3 is 0 Å². The molecule has 21 heavy (non-hydrogen) atoms. The quantitative estimate of drug-likeness (QED) is 0.869. The lowest BCUT2D eigenvalue weighted by Gasteiger charge is -2.34. The van der Waals surface area contributed by atoms with E-state index < -0.39 is 0 Å². The average molecular weight is 352 g/mol. The summed E-state index contributed by atoms with van der Waals surface area (Å²) in [6, 6.07) is 8.46. The first-order chi connectivity index (χ1) is 10.1. The molecule has 1 aromatic heterocycles. The lowest BCUT2D eigenvalue weighted by atomic mass is 9.82. The van der Waals surface area contributed by atoms with Gasteiger partial charge in [0.05, 0.1) is 6.04 Å². The van der Waals surface area contributed by atoms with Gasteiger partial charge in [-0.15, -0.1) is 0 Å². The van der Waals surface area contributed by atoms with Gasteiger partial charge in [-0.05, 0) is 49.4 Å². The molecule has 2 aromatic rings. The van der Waals surface area contributed by atoms with Crippen molar-refractivity contribution in [1.29, 1.82) is 0 Å². The van der Waals surface area contributed by atoms with Crippen molar-refractivity contribution in [2.75, 3.05) is 19.8 Å². The third-order valence-electron chi connectivity index (χ3n) is 4.46. The first-order valence-electron chi connectivity index (χ1n) is 7.56. The molecule has 1 atom stereocenters. The highest BCUT2D eigenvalue weighted by molar-refractivity contribution is 9.10. The van der Waals surface area contributed by atoms with Crippen LogP contribution in [0.15, 0.2) is 33.2 Å². The molecule has 1 aliphatic rings. The summed E-state index contributed by atoms with van der Waals surface area (Å²) in [5.74, 6) is 0.999. The van der Waals surface area contributed by atoms with Crippen LogP contribution in [0.3, 0.4) is 0 Å². The van der Waals surface area contributed by atoms with E-state index in [-0.39, 0.29) is 6.04 Å². The monoisotopic (exact) mass is 351 g/mol. The fraction of sp³-hybridized carbons (Fsp3) is 0.529. The normalized spacial score (nSPS) is 19.8. The molecule has 1 unspecified atom stereocenters. The predicted octanol–water partition coefficient (Wildman–Crippen LogP) is 4.66. The van der Waals surface area contributed by atoms with Crippen LogP contribution in [0.25, 0.3) is 11.0 Å². The van der Waals surface area contributed by atoms with Crippen molar-refractivity contribution in [2.24, 2.45) is 5.41 Å². The number of fused-ring (bicyclic) bond motifs is 1. The summed E-state index contributed by atoms with van der Waals surface area (Å²) in [6.45, 7) is 7.26. The van der Waals surface area contributed by atoms with Gasteiger partial charge in [0.15, 0.2) is 0 Å². The molecule has 0 aliphatic carbocycles. The Hall–Kier alpha value is -0.840. The number of ether oxygens (including phenoxy) is 1. The largest absolute Gasteiger partial charge is 0.459 e. The number of hydrogen-bond acceptors (Lipinski definition) is 3. The minimum atomic E-state index is 0.218. The number of furan rings is 1. The van der Waals surface area contributed by atoms with Gasteiger partial charge in [0.25, 0.3) is 0 Å². The number of rotatable bonds is 4. The molecule has 0 spiro atoms. The molecule has 2 heterocycles. The highest BCUT2D eigenvalue weighted by atomic mass is 79.9. The molecule has 0 saturated carbocycles. The van der Waals surface area contributed by atoms with E-state index >= 15 is 0 Å². The number of nitrogens with one attached hydrogen (secondary N) is 1. The fourth-order valence-corrected chi connectivity index (χ4v) is 3.17. The molecular weight excluding hydrogens is 330 g/mol. The second-order valence-electron chi connectivity index (χ2n) is 6.36. The predicted molar refractivity (Wildman–Crippen MR) is 88.5 cm³/mol. The summed E-state index contributed by atoms with van der Waals surface area (Å²) in [7, 11) is 0. The van der Waals surface area contributed by atoms with Crippen molar-refractivity contribution in [2.45, 2.75) is 32.7 Å². The standard InChI is InChI=1S/C17H22BrNO2/c1-12(19-11-17(2)5-7-20-8-6-17)16-10-13-9-14(18)3-4-15(13)21-16/h3-4,9-10,12,19H,5-8,11H2,1-2H3. The van der Waals surface area contributed by atoms with Crippen LogP contribution >= 0.6 is 15.9 Å². The zero-order valence-electron chi connectivity index (χ0n) is 12.6. The first-order valence-corrected chi connectivity index (χ1v) is 8.35. The van der Waals surface area contributed by atoms with Gasteiger partial charge in [-0.1, -0.05) is 22.9 Å². The number of halogens is 1. The molecule has 3 nitrogen and oxygen atoms in total. The third kappa shape index (κ3) is 3.50. The SMILES string of the molecule is CC(NCC1(C)CCOCC1)c1cc2cc(Br)ccc2o1. The Bertz CT molecular complexity index is 616. The Labute approximate surface area is 134 Å². The lowest BCUT2D eigenvalue weighted by molar-refractivity contribution is 0.0228. The summed E-state index contributed by atoms with van der Waals surface area (Å²) < 4.78 is 12.5. The van der Waals surface area contributed by atoms with Crippen LogP contribution in [0.5, 0.6) is 0 Å². The topological polar surface area (TPSA) is 34.4 Å². The minimum Gasteiger partial charge on any atom is -0.459 e. The summed E-state index contributed by atoms with van der Waals surface area (Å²) in [5, 5.41) is 4.77. The van der Waals surface area contributed by atoms with E-state index in [2.05, 4.69) is 47.2 Å². The maximum Gasteiger partial charge on any atom is 0.134 e. The van der Waals surface area contributed by atoms with Crippen molar-refractivity contribution >= 4 is 26.9 Å². The van der Waals surface area contributed by atoms with Crippen molar-refractivity contribution < 1.29 is 9.15 Å². The van der Waals surface area contributed by atoms with Crippen LogP contribution in [-0.4, -0.2) is 19.8 Å². The van der Waals surface area contributed by atoms with E-state index in [1.165, 1.54) is 0 Å². The van der Waals surface area contributed by atoms with Gasteiger partial charge in [-0.2, -0.15) is 0 Å². The molecule has 1 aliphatic heterocycles. The van der Waals surface area contributed by atoms with Crippen molar-refractivity contribution in [3.8, 4) is 0 Å².